The van der Waals surface area contributed by atoms with E-state index < -0.39 is 0 Å². The van der Waals surface area contributed by atoms with Crippen molar-refractivity contribution in [2.24, 2.45) is 0 Å². The van der Waals surface area contributed by atoms with Crippen LogP contribution in [0.2, 0.25) is 0 Å². The van der Waals surface area contributed by atoms with E-state index in [0.717, 1.165) is 5.56 Å². The number of carbonyl (C=O) groups excluding carboxylic acids is 1. The lowest BCUT2D eigenvalue weighted by Gasteiger charge is -2.20. The molecule has 1 aromatic rings. The summed E-state index contributed by atoms with van der Waals surface area (Å²) in [5.41, 5.74) is 0.810. The average molecular weight is 235 g/mol. The van der Waals surface area contributed by atoms with Crippen LogP contribution in [-0.4, -0.2) is 18.1 Å². The van der Waals surface area contributed by atoms with Crippen molar-refractivity contribution in [2.75, 3.05) is 6.61 Å². The molecule has 1 atom stereocenters. The fourth-order valence-corrected chi connectivity index (χ4v) is 1.39. The van der Waals surface area contributed by atoms with Gasteiger partial charge in [0, 0.05) is 0 Å². The van der Waals surface area contributed by atoms with Crippen LogP contribution in [-0.2, 0) is 9.53 Å². The van der Waals surface area contributed by atoms with E-state index in [1.807, 2.05) is 58.0 Å². The molecule has 0 fully saturated rings. The molecule has 1 amide bonds. The second kappa shape index (κ2) is 5.82. The summed E-state index contributed by atoms with van der Waals surface area (Å²) >= 11 is 0. The molecule has 1 N–H and O–H groups in total. The Balaban J connectivity index is 2.42. The number of hydrogen-bond donors (Lipinski definition) is 1. The molecule has 0 aliphatic carbocycles. The molecule has 1 aromatic carbocycles. The zero-order chi connectivity index (χ0) is 12.9. The maximum absolute atomic E-state index is 11.6. The van der Waals surface area contributed by atoms with Gasteiger partial charge in [-0.2, -0.15) is 0 Å². The molecule has 1 rings (SSSR count). The smallest absolute Gasteiger partial charge is 0.246 e. The van der Waals surface area contributed by atoms with Crippen molar-refractivity contribution in [3.05, 3.63) is 35.9 Å². The lowest BCUT2D eigenvalue weighted by molar-refractivity contribution is -0.131. The number of ether oxygens (including phenoxy) is 1. The van der Waals surface area contributed by atoms with Gasteiger partial charge in [0.25, 0.3) is 0 Å². The van der Waals surface area contributed by atoms with Crippen LogP contribution in [0.15, 0.2) is 30.3 Å². The highest BCUT2D eigenvalue weighted by Gasteiger charge is 2.14. The molecule has 0 unspecified atom stereocenters. The van der Waals surface area contributed by atoms with Gasteiger partial charge in [0.1, 0.15) is 6.61 Å². The van der Waals surface area contributed by atoms with Gasteiger partial charge in [0.05, 0.1) is 11.6 Å². The Hall–Kier alpha value is -1.35. The highest BCUT2D eigenvalue weighted by molar-refractivity contribution is 5.77. The molecule has 17 heavy (non-hydrogen) atoms. The van der Waals surface area contributed by atoms with Gasteiger partial charge in [-0.25, -0.2) is 0 Å². The van der Waals surface area contributed by atoms with Gasteiger partial charge in [-0.1, -0.05) is 30.3 Å². The fraction of sp³-hybridized carbons (Fsp3) is 0.500. The van der Waals surface area contributed by atoms with Gasteiger partial charge in [-0.05, 0) is 33.3 Å². The monoisotopic (exact) mass is 235 g/mol. The number of carbonyl (C=O) groups is 1. The predicted molar refractivity (Wildman–Crippen MR) is 68.7 cm³/mol. The quantitative estimate of drug-likeness (QED) is 0.871. The second-order valence-electron chi connectivity index (χ2n) is 5.10. The van der Waals surface area contributed by atoms with Gasteiger partial charge in [-0.3, -0.25) is 4.79 Å². The molecule has 0 spiro atoms. The van der Waals surface area contributed by atoms with Crippen LogP contribution in [0.25, 0.3) is 0 Å². The molecule has 0 aliphatic heterocycles. The third-order valence-corrected chi connectivity index (χ3v) is 2.31. The van der Waals surface area contributed by atoms with Crippen molar-refractivity contribution in [3.8, 4) is 0 Å². The van der Waals surface area contributed by atoms with Crippen molar-refractivity contribution >= 4 is 5.91 Å². The SMILES string of the molecule is C[C@@H](NC(=O)COC(C)(C)C)c1ccccc1. The minimum atomic E-state index is -0.284. The van der Waals surface area contributed by atoms with E-state index in [0.29, 0.717) is 0 Å². The number of rotatable bonds is 4. The van der Waals surface area contributed by atoms with E-state index in [9.17, 15) is 4.79 Å². The summed E-state index contributed by atoms with van der Waals surface area (Å²) in [7, 11) is 0. The molecule has 0 heterocycles. The standard InChI is InChI=1S/C14H21NO2/c1-11(12-8-6-5-7-9-12)15-13(16)10-17-14(2,3)4/h5-9,11H,10H2,1-4H3,(H,15,16)/t11-/m1/s1. The van der Waals surface area contributed by atoms with E-state index in [1.54, 1.807) is 0 Å². The average Bonchev–Trinajstić information content (AvgIpc) is 2.27. The summed E-state index contributed by atoms with van der Waals surface area (Å²) in [6.07, 6.45) is 0. The maximum Gasteiger partial charge on any atom is 0.246 e. The number of nitrogens with one attached hydrogen (secondary N) is 1. The van der Waals surface area contributed by atoms with Crippen molar-refractivity contribution in [2.45, 2.75) is 39.3 Å². The molecule has 0 saturated heterocycles. The van der Waals surface area contributed by atoms with Crippen LogP contribution in [0.5, 0.6) is 0 Å². The van der Waals surface area contributed by atoms with E-state index in [-0.39, 0.29) is 24.2 Å². The Kier molecular flexibility index (Phi) is 4.70. The van der Waals surface area contributed by atoms with E-state index in [2.05, 4.69) is 5.32 Å². The lowest BCUT2D eigenvalue weighted by atomic mass is 10.1. The molecule has 3 heteroatoms. The lowest BCUT2D eigenvalue weighted by Crippen LogP contribution is -2.33. The van der Waals surface area contributed by atoms with Crippen LogP contribution in [0.4, 0.5) is 0 Å². The first-order chi connectivity index (χ1) is 7.88. The Morgan fingerprint density at radius 1 is 1.29 bits per heavy atom. The first-order valence-corrected chi connectivity index (χ1v) is 5.87. The predicted octanol–water partition coefficient (Wildman–Crippen LogP) is 2.68. The highest BCUT2D eigenvalue weighted by Crippen LogP contribution is 2.11. The summed E-state index contributed by atoms with van der Waals surface area (Å²) in [4.78, 5) is 11.6. The van der Waals surface area contributed by atoms with Crippen LogP contribution in [0.3, 0.4) is 0 Å². The molecular formula is C14H21NO2. The summed E-state index contributed by atoms with van der Waals surface area (Å²) in [6.45, 7) is 7.85. The van der Waals surface area contributed by atoms with Gasteiger partial charge >= 0.3 is 0 Å². The molecule has 0 saturated carbocycles. The second-order valence-corrected chi connectivity index (χ2v) is 5.10. The Labute approximate surface area is 103 Å². The largest absolute Gasteiger partial charge is 0.366 e. The molecule has 94 valence electrons. The van der Waals surface area contributed by atoms with Crippen molar-refractivity contribution in [3.63, 3.8) is 0 Å². The van der Waals surface area contributed by atoms with E-state index >= 15 is 0 Å². The molecule has 0 radical (unpaired) electrons. The van der Waals surface area contributed by atoms with Crippen LogP contribution in [0, 0.1) is 0 Å². The zero-order valence-corrected chi connectivity index (χ0v) is 11.0. The maximum atomic E-state index is 11.6. The molecular weight excluding hydrogens is 214 g/mol. The minimum absolute atomic E-state index is 0.00673. The highest BCUT2D eigenvalue weighted by atomic mass is 16.5. The molecule has 0 aliphatic rings. The fourth-order valence-electron chi connectivity index (χ4n) is 1.39. The third-order valence-electron chi connectivity index (χ3n) is 2.31. The Morgan fingerprint density at radius 2 is 1.88 bits per heavy atom. The normalized spacial score (nSPS) is 13.2. The summed E-state index contributed by atoms with van der Waals surface area (Å²) in [6, 6.07) is 9.88. The Bertz CT molecular complexity index is 354. The van der Waals surface area contributed by atoms with Crippen molar-refractivity contribution in [1.82, 2.24) is 5.32 Å². The van der Waals surface area contributed by atoms with Crippen LogP contribution >= 0.6 is 0 Å². The van der Waals surface area contributed by atoms with Gasteiger partial charge in [-0.15, -0.1) is 0 Å². The number of benzene rings is 1. The summed E-state index contributed by atoms with van der Waals surface area (Å²) in [5.74, 6) is -0.0868. The van der Waals surface area contributed by atoms with Gasteiger partial charge in [0.15, 0.2) is 0 Å². The first kappa shape index (κ1) is 13.7. The number of hydrogen-bond acceptors (Lipinski definition) is 2. The third kappa shape index (κ3) is 5.50. The van der Waals surface area contributed by atoms with Gasteiger partial charge in [0.2, 0.25) is 5.91 Å². The Morgan fingerprint density at radius 3 is 2.41 bits per heavy atom. The van der Waals surface area contributed by atoms with Crippen molar-refractivity contribution < 1.29 is 9.53 Å². The first-order valence-electron chi connectivity index (χ1n) is 5.87. The summed E-state index contributed by atoms with van der Waals surface area (Å²) in [5, 5.41) is 2.90. The topological polar surface area (TPSA) is 38.3 Å². The van der Waals surface area contributed by atoms with E-state index in [1.165, 1.54) is 0 Å². The molecule has 3 nitrogen and oxygen atoms in total. The summed E-state index contributed by atoms with van der Waals surface area (Å²) < 4.78 is 5.42. The zero-order valence-electron chi connectivity index (χ0n) is 11.0. The minimum Gasteiger partial charge on any atom is -0.366 e. The molecule has 0 bridgehead atoms. The van der Waals surface area contributed by atoms with Crippen LogP contribution in [0.1, 0.15) is 39.3 Å². The van der Waals surface area contributed by atoms with Gasteiger partial charge < -0.3 is 10.1 Å². The number of amides is 1. The molecule has 0 aromatic heterocycles. The van der Waals surface area contributed by atoms with E-state index in [4.69, 9.17) is 4.74 Å². The van der Waals surface area contributed by atoms with Crippen molar-refractivity contribution in [1.29, 1.82) is 0 Å². The van der Waals surface area contributed by atoms with Crippen LogP contribution < -0.4 is 5.32 Å².